The van der Waals surface area contributed by atoms with Crippen molar-refractivity contribution in [2.75, 3.05) is 36.0 Å². The molecule has 3 heterocycles. The highest BCUT2D eigenvalue weighted by Gasteiger charge is 2.21. The minimum absolute atomic E-state index is 0.706. The van der Waals surface area contributed by atoms with Crippen LogP contribution in [0.4, 0.5) is 11.6 Å². The lowest BCUT2D eigenvalue weighted by molar-refractivity contribution is 0.640. The third kappa shape index (κ3) is 4.43. The van der Waals surface area contributed by atoms with Crippen molar-refractivity contribution >= 4 is 45.7 Å². The van der Waals surface area contributed by atoms with E-state index in [9.17, 15) is 0 Å². The van der Waals surface area contributed by atoms with Gasteiger partial charge >= 0.3 is 0 Å². The Bertz CT molecular complexity index is 1200. The van der Waals surface area contributed by atoms with Crippen LogP contribution in [0.5, 0.6) is 0 Å². The molecule has 0 bridgehead atoms. The number of fused-ring (bicyclic) bond motifs is 1. The summed E-state index contributed by atoms with van der Waals surface area (Å²) in [5, 5.41) is 2.58. The molecule has 5 rings (SSSR count). The smallest absolute Gasteiger partial charge is 0.225 e. The Morgan fingerprint density at radius 2 is 1.45 bits per heavy atom. The average Bonchev–Trinajstić information content (AvgIpc) is 2.80. The molecule has 0 amide bonds. The van der Waals surface area contributed by atoms with Gasteiger partial charge in [0.15, 0.2) is 0 Å². The number of anilines is 2. The van der Waals surface area contributed by atoms with Crippen LogP contribution in [-0.4, -0.2) is 41.1 Å². The number of nitrogens with zero attached hydrogens (tertiary/aromatic N) is 5. The first kappa shape index (κ1) is 20.0. The highest BCUT2D eigenvalue weighted by molar-refractivity contribution is 6.31. The summed E-state index contributed by atoms with van der Waals surface area (Å²) in [6.45, 7) is 3.52. The van der Waals surface area contributed by atoms with Crippen LogP contribution in [0.3, 0.4) is 0 Å². The van der Waals surface area contributed by atoms with Gasteiger partial charge in [-0.3, -0.25) is 4.98 Å². The summed E-state index contributed by atoms with van der Waals surface area (Å²) < 4.78 is 0. The topological polar surface area (TPSA) is 45.2 Å². The number of piperazine rings is 1. The fourth-order valence-electron chi connectivity index (χ4n) is 3.98. The number of halogens is 2. The molecule has 0 atom stereocenters. The van der Waals surface area contributed by atoms with Gasteiger partial charge in [-0.1, -0.05) is 35.3 Å². The van der Waals surface area contributed by atoms with E-state index in [1.807, 2.05) is 54.9 Å². The van der Waals surface area contributed by atoms with Crippen molar-refractivity contribution in [3.8, 4) is 0 Å². The van der Waals surface area contributed by atoms with Crippen LogP contribution in [0.2, 0.25) is 10.0 Å². The van der Waals surface area contributed by atoms with Crippen molar-refractivity contribution in [3.05, 3.63) is 88.3 Å². The van der Waals surface area contributed by atoms with E-state index in [-0.39, 0.29) is 0 Å². The zero-order valence-corrected chi connectivity index (χ0v) is 18.4. The lowest BCUT2D eigenvalue weighted by atomic mass is 10.1. The van der Waals surface area contributed by atoms with E-state index in [0.29, 0.717) is 5.02 Å². The van der Waals surface area contributed by atoms with E-state index in [1.54, 1.807) is 0 Å². The molecule has 31 heavy (non-hydrogen) atoms. The van der Waals surface area contributed by atoms with Gasteiger partial charge in [0.25, 0.3) is 0 Å². The molecule has 0 radical (unpaired) electrons. The molecule has 2 aromatic heterocycles. The maximum absolute atomic E-state index is 6.13. The summed E-state index contributed by atoms with van der Waals surface area (Å²) >= 11 is 12.1. The van der Waals surface area contributed by atoms with Crippen LogP contribution in [0.1, 0.15) is 11.3 Å². The average molecular weight is 450 g/mol. The first-order chi connectivity index (χ1) is 15.2. The Kier molecular flexibility index (Phi) is 5.62. The second-order valence-corrected chi connectivity index (χ2v) is 8.49. The number of aromatic nitrogens is 3. The van der Waals surface area contributed by atoms with E-state index < -0.39 is 0 Å². The summed E-state index contributed by atoms with van der Waals surface area (Å²) in [5.74, 6) is 0.789. The quantitative estimate of drug-likeness (QED) is 0.425. The molecule has 0 saturated carbocycles. The van der Waals surface area contributed by atoms with Crippen LogP contribution in [0, 0.1) is 0 Å². The standard InChI is InChI=1S/C24H21Cl2N5/c25-18-3-1-17(2-4-18)15-20-7-9-28-24(29-20)31-13-11-30(12-14-31)23-8-10-27-22-16-19(26)5-6-21(22)23/h1-10,16H,11-15H2. The Labute approximate surface area is 191 Å². The summed E-state index contributed by atoms with van der Waals surface area (Å²) in [6, 6.07) is 17.8. The van der Waals surface area contributed by atoms with Gasteiger partial charge in [-0.2, -0.15) is 0 Å². The van der Waals surface area contributed by atoms with Crippen molar-refractivity contribution in [2.24, 2.45) is 0 Å². The summed E-state index contributed by atoms with van der Waals surface area (Å²) in [5.41, 5.74) is 4.31. The molecule has 5 nitrogen and oxygen atoms in total. The molecule has 4 aromatic rings. The highest BCUT2D eigenvalue weighted by Crippen LogP contribution is 2.28. The SMILES string of the molecule is Clc1ccc(Cc2ccnc(N3CCN(c4ccnc5cc(Cl)ccc45)CC3)n2)cc1. The normalized spacial score (nSPS) is 14.3. The van der Waals surface area contributed by atoms with Gasteiger partial charge in [0, 0.05) is 66.1 Å². The fourth-order valence-corrected chi connectivity index (χ4v) is 4.27. The van der Waals surface area contributed by atoms with Crippen LogP contribution in [0.25, 0.3) is 10.9 Å². The zero-order valence-electron chi connectivity index (χ0n) is 16.9. The first-order valence-electron chi connectivity index (χ1n) is 10.3. The van der Waals surface area contributed by atoms with Crippen LogP contribution < -0.4 is 9.80 Å². The fraction of sp³-hybridized carbons (Fsp3) is 0.208. The molecule has 0 N–H and O–H groups in total. The van der Waals surface area contributed by atoms with Gasteiger partial charge in [0.1, 0.15) is 0 Å². The Hall–Kier alpha value is -2.89. The number of pyridine rings is 1. The third-order valence-electron chi connectivity index (χ3n) is 5.58. The Morgan fingerprint density at radius 3 is 2.26 bits per heavy atom. The Balaban J connectivity index is 1.29. The van der Waals surface area contributed by atoms with Gasteiger partial charge in [-0.05, 0) is 48.0 Å². The molecule has 7 heteroatoms. The molecule has 1 saturated heterocycles. The largest absolute Gasteiger partial charge is 0.367 e. The first-order valence-corrected chi connectivity index (χ1v) is 11.0. The van der Waals surface area contributed by atoms with Crippen LogP contribution >= 0.6 is 23.2 Å². The van der Waals surface area contributed by atoms with E-state index in [2.05, 4.69) is 31.9 Å². The molecule has 0 unspecified atom stereocenters. The summed E-state index contributed by atoms with van der Waals surface area (Å²) in [4.78, 5) is 18.4. The monoisotopic (exact) mass is 449 g/mol. The molecule has 1 aliphatic heterocycles. The lowest BCUT2D eigenvalue weighted by Gasteiger charge is -2.36. The number of benzene rings is 2. The lowest BCUT2D eigenvalue weighted by Crippen LogP contribution is -2.47. The molecular formula is C24H21Cl2N5. The predicted molar refractivity (Wildman–Crippen MR) is 127 cm³/mol. The van der Waals surface area contributed by atoms with Gasteiger partial charge in [0.2, 0.25) is 5.95 Å². The van der Waals surface area contributed by atoms with Crippen molar-refractivity contribution in [2.45, 2.75) is 6.42 Å². The molecule has 0 spiro atoms. The van der Waals surface area contributed by atoms with Crippen molar-refractivity contribution in [1.82, 2.24) is 15.0 Å². The second-order valence-electron chi connectivity index (χ2n) is 7.62. The minimum Gasteiger partial charge on any atom is -0.367 e. The van der Waals surface area contributed by atoms with Gasteiger partial charge in [-0.15, -0.1) is 0 Å². The molecule has 2 aromatic carbocycles. The number of rotatable bonds is 4. The van der Waals surface area contributed by atoms with E-state index in [1.165, 1.54) is 11.3 Å². The second kappa shape index (κ2) is 8.69. The highest BCUT2D eigenvalue weighted by atomic mass is 35.5. The summed E-state index contributed by atoms with van der Waals surface area (Å²) in [6.07, 6.45) is 4.46. The van der Waals surface area contributed by atoms with Gasteiger partial charge in [-0.25, -0.2) is 9.97 Å². The zero-order chi connectivity index (χ0) is 21.2. The maximum Gasteiger partial charge on any atom is 0.225 e. The van der Waals surface area contributed by atoms with E-state index in [0.717, 1.165) is 60.2 Å². The predicted octanol–water partition coefficient (Wildman–Crippen LogP) is 5.25. The van der Waals surface area contributed by atoms with Gasteiger partial charge < -0.3 is 9.80 Å². The van der Waals surface area contributed by atoms with Crippen LogP contribution in [0.15, 0.2) is 67.0 Å². The van der Waals surface area contributed by atoms with Gasteiger partial charge in [0.05, 0.1) is 11.2 Å². The van der Waals surface area contributed by atoms with Crippen molar-refractivity contribution < 1.29 is 0 Å². The van der Waals surface area contributed by atoms with Crippen molar-refractivity contribution in [1.29, 1.82) is 0 Å². The molecule has 1 aliphatic rings. The summed E-state index contributed by atoms with van der Waals surface area (Å²) in [7, 11) is 0. The van der Waals surface area contributed by atoms with Crippen molar-refractivity contribution in [3.63, 3.8) is 0 Å². The molecule has 0 aliphatic carbocycles. The minimum atomic E-state index is 0.706. The molecular weight excluding hydrogens is 429 g/mol. The maximum atomic E-state index is 6.13. The number of hydrogen-bond acceptors (Lipinski definition) is 5. The van der Waals surface area contributed by atoms with E-state index in [4.69, 9.17) is 28.2 Å². The van der Waals surface area contributed by atoms with Crippen LogP contribution in [-0.2, 0) is 6.42 Å². The molecule has 156 valence electrons. The molecule has 1 fully saturated rings. The van der Waals surface area contributed by atoms with E-state index >= 15 is 0 Å². The number of hydrogen-bond donors (Lipinski definition) is 0. The third-order valence-corrected chi connectivity index (χ3v) is 6.07. The Morgan fingerprint density at radius 1 is 0.742 bits per heavy atom.